The van der Waals surface area contributed by atoms with E-state index in [2.05, 4.69) is 20.8 Å². The number of benzene rings is 2. The summed E-state index contributed by atoms with van der Waals surface area (Å²) in [7, 11) is 0. The third kappa shape index (κ3) is 4.35. The van der Waals surface area contributed by atoms with Crippen molar-refractivity contribution in [1.29, 1.82) is 0 Å². The van der Waals surface area contributed by atoms with Gasteiger partial charge in [-0.15, -0.1) is 11.8 Å². The Morgan fingerprint density at radius 2 is 2.07 bits per heavy atom. The molecular formula is C19H16ClFN4O2S. The number of carbonyl (C=O) groups excluding carboxylic acids is 1. The first-order chi connectivity index (χ1) is 13.6. The second-order valence-corrected chi connectivity index (χ2v) is 7.73. The van der Waals surface area contributed by atoms with Gasteiger partial charge in [0.15, 0.2) is 0 Å². The Kier molecular flexibility index (Phi) is 5.61. The number of nitrogens with one attached hydrogen (secondary N) is 2. The zero-order valence-corrected chi connectivity index (χ0v) is 16.1. The number of rotatable bonds is 5. The maximum absolute atomic E-state index is 13.3. The summed E-state index contributed by atoms with van der Waals surface area (Å²) in [4.78, 5) is 16.4. The van der Waals surface area contributed by atoms with E-state index >= 15 is 0 Å². The zero-order chi connectivity index (χ0) is 19.5. The highest BCUT2D eigenvalue weighted by atomic mass is 35.5. The molecule has 1 fully saturated rings. The molecule has 1 aromatic heterocycles. The standard InChI is InChI=1S/C19H16ClFN4O2S/c20-13-8-12(6-7-14(13)21)18-24-17(27-25-18)10-28-19-22-15(9-16(26)23-19)11-4-2-1-3-5-11/h1-8,15,19,22H,9-10H2,(H,23,26). The highest BCUT2D eigenvalue weighted by molar-refractivity contribution is 7.99. The quantitative estimate of drug-likeness (QED) is 0.654. The van der Waals surface area contributed by atoms with Crippen LogP contribution < -0.4 is 10.6 Å². The topological polar surface area (TPSA) is 80.1 Å². The first-order valence-electron chi connectivity index (χ1n) is 8.58. The van der Waals surface area contributed by atoms with Crippen LogP contribution in [0.4, 0.5) is 4.39 Å². The van der Waals surface area contributed by atoms with Crippen molar-refractivity contribution in [3.63, 3.8) is 0 Å². The third-order valence-electron chi connectivity index (χ3n) is 4.26. The molecule has 3 aromatic rings. The van der Waals surface area contributed by atoms with Gasteiger partial charge in [0.05, 0.1) is 10.8 Å². The molecule has 28 heavy (non-hydrogen) atoms. The number of hydrogen-bond acceptors (Lipinski definition) is 6. The van der Waals surface area contributed by atoms with Crippen LogP contribution in [0.3, 0.4) is 0 Å². The van der Waals surface area contributed by atoms with Crippen molar-refractivity contribution in [2.45, 2.75) is 23.7 Å². The molecule has 6 nitrogen and oxygen atoms in total. The van der Waals surface area contributed by atoms with E-state index in [1.807, 2.05) is 30.3 Å². The van der Waals surface area contributed by atoms with E-state index in [1.165, 1.54) is 30.0 Å². The van der Waals surface area contributed by atoms with Crippen molar-refractivity contribution in [3.05, 3.63) is 70.8 Å². The van der Waals surface area contributed by atoms with Crippen LogP contribution in [0.5, 0.6) is 0 Å². The van der Waals surface area contributed by atoms with Crippen LogP contribution >= 0.6 is 23.4 Å². The van der Waals surface area contributed by atoms with E-state index in [-0.39, 0.29) is 22.5 Å². The fourth-order valence-electron chi connectivity index (χ4n) is 2.88. The van der Waals surface area contributed by atoms with E-state index in [4.69, 9.17) is 16.1 Å². The predicted octanol–water partition coefficient (Wildman–Crippen LogP) is 3.90. The van der Waals surface area contributed by atoms with Gasteiger partial charge >= 0.3 is 0 Å². The summed E-state index contributed by atoms with van der Waals surface area (Å²) in [6.45, 7) is 0. The van der Waals surface area contributed by atoms with Gasteiger partial charge in [0.2, 0.25) is 17.6 Å². The molecule has 2 aromatic carbocycles. The summed E-state index contributed by atoms with van der Waals surface area (Å²) in [6.07, 6.45) is 0.386. The highest BCUT2D eigenvalue weighted by Crippen LogP contribution is 2.26. The van der Waals surface area contributed by atoms with Crippen molar-refractivity contribution in [2.75, 3.05) is 0 Å². The molecule has 1 saturated heterocycles. The minimum absolute atomic E-state index is 0.000651. The number of thioether (sulfide) groups is 1. The van der Waals surface area contributed by atoms with E-state index < -0.39 is 5.82 Å². The van der Waals surface area contributed by atoms with E-state index in [1.54, 1.807) is 0 Å². The Morgan fingerprint density at radius 1 is 1.25 bits per heavy atom. The lowest BCUT2D eigenvalue weighted by Gasteiger charge is -2.31. The van der Waals surface area contributed by atoms with Crippen LogP contribution in [0.25, 0.3) is 11.4 Å². The first-order valence-corrected chi connectivity index (χ1v) is 10.0. The van der Waals surface area contributed by atoms with Gasteiger partial charge in [-0.25, -0.2) is 4.39 Å². The largest absolute Gasteiger partial charge is 0.338 e. The van der Waals surface area contributed by atoms with E-state index in [0.717, 1.165) is 5.56 Å². The third-order valence-corrected chi connectivity index (χ3v) is 5.55. The van der Waals surface area contributed by atoms with Crippen LogP contribution in [-0.4, -0.2) is 21.5 Å². The van der Waals surface area contributed by atoms with Gasteiger partial charge in [0.25, 0.3) is 0 Å². The normalized spacial score (nSPS) is 19.4. The summed E-state index contributed by atoms with van der Waals surface area (Å²) >= 11 is 7.24. The Hall–Kier alpha value is -2.42. The number of amides is 1. The van der Waals surface area contributed by atoms with Gasteiger partial charge < -0.3 is 9.84 Å². The highest BCUT2D eigenvalue weighted by Gasteiger charge is 2.27. The van der Waals surface area contributed by atoms with Crippen molar-refractivity contribution < 1.29 is 13.7 Å². The first kappa shape index (κ1) is 18.9. The molecule has 2 N–H and O–H groups in total. The molecule has 1 amide bonds. The Labute approximate surface area is 169 Å². The van der Waals surface area contributed by atoms with Gasteiger partial charge in [0.1, 0.15) is 11.3 Å². The SMILES string of the molecule is O=C1CC(c2ccccc2)NC(SCc2nc(-c3ccc(F)c(Cl)c3)no2)N1. The van der Waals surface area contributed by atoms with Crippen molar-refractivity contribution in [1.82, 2.24) is 20.8 Å². The number of halogens is 2. The average Bonchev–Trinajstić information content (AvgIpc) is 3.18. The van der Waals surface area contributed by atoms with Crippen LogP contribution in [0.1, 0.15) is 23.9 Å². The summed E-state index contributed by atoms with van der Waals surface area (Å²) in [6, 6.07) is 14.0. The molecule has 0 saturated carbocycles. The summed E-state index contributed by atoms with van der Waals surface area (Å²) in [5, 5.41) is 10.2. The fourth-order valence-corrected chi connectivity index (χ4v) is 3.97. The Morgan fingerprint density at radius 3 is 2.86 bits per heavy atom. The molecular weight excluding hydrogens is 403 g/mol. The Balaban J connectivity index is 1.39. The smallest absolute Gasteiger partial charge is 0.237 e. The van der Waals surface area contributed by atoms with Gasteiger partial charge in [-0.2, -0.15) is 4.98 Å². The summed E-state index contributed by atoms with van der Waals surface area (Å²) < 4.78 is 18.6. The molecule has 2 unspecified atom stereocenters. The zero-order valence-electron chi connectivity index (χ0n) is 14.6. The van der Waals surface area contributed by atoms with Gasteiger partial charge in [-0.3, -0.25) is 10.1 Å². The maximum atomic E-state index is 13.3. The van der Waals surface area contributed by atoms with Crippen molar-refractivity contribution in [2.24, 2.45) is 0 Å². The summed E-state index contributed by atoms with van der Waals surface area (Å²) in [5.74, 6) is 0.620. The predicted molar refractivity (Wildman–Crippen MR) is 105 cm³/mol. The van der Waals surface area contributed by atoms with Crippen molar-refractivity contribution >= 4 is 29.3 Å². The molecule has 1 aliphatic heterocycles. The molecule has 0 bridgehead atoms. The minimum atomic E-state index is -0.503. The van der Waals surface area contributed by atoms with Gasteiger partial charge in [0, 0.05) is 18.0 Å². The number of aromatic nitrogens is 2. The molecule has 0 radical (unpaired) electrons. The minimum Gasteiger partial charge on any atom is -0.338 e. The lowest BCUT2D eigenvalue weighted by atomic mass is 10.0. The molecule has 9 heteroatoms. The van der Waals surface area contributed by atoms with Crippen LogP contribution in [-0.2, 0) is 10.5 Å². The molecule has 0 aliphatic carbocycles. The van der Waals surface area contributed by atoms with Gasteiger partial charge in [-0.1, -0.05) is 47.1 Å². The maximum Gasteiger partial charge on any atom is 0.237 e. The monoisotopic (exact) mass is 418 g/mol. The van der Waals surface area contributed by atoms with E-state index in [0.29, 0.717) is 29.5 Å². The summed E-state index contributed by atoms with van der Waals surface area (Å²) in [5.41, 5.74) is 1.36. The van der Waals surface area contributed by atoms with E-state index in [9.17, 15) is 9.18 Å². The lowest BCUT2D eigenvalue weighted by molar-refractivity contribution is -0.123. The molecule has 2 atom stereocenters. The second kappa shape index (κ2) is 8.30. The van der Waals surface area contributed by atoms with Crippen molar-refractivity contribution in [3.8, 4) is 11.4 Å². The fraction of sp³-hybridized carbons (Fsp3) is 0.211. The van der Waals surface area contributed by atoms with Crippen LogP contribution in [0.2, 0.25) is 5.02 Å². The number of hydrogen-bond donors (Lipinski definition) is 2. The number of nitrogens with zero attached hydrogens (tertiary/aromatic N) is 2. The second-order valence-electron chi connectivity index (χ2n) is 6.23. The molecule has 1 aliphatic rings. The number of carbonyl (C=O) groups is 1. The molecule has 144 valence electrons. The average molecular weight is 419 g/mol. The molecule has 4 rings (SSSR count). The van der Waals surface area contributed by atoms with Gasteiger partial charge in [-0.05, 0) is 23.8 Å². The lowest BCUT2D eigenvalue weighted by Crippen LogP contribution is -2.50. The molecule has 2 heterocycles. The van der Waals surface area contributed by atoms with Crippen LogP contribution in [0.15, 0.2) is 53.1 Å². The Bertz CT molecular complexity index is 985. The molecule has 0 spiro atoms. The van der Waals surface area contributed by atoms with Crippen LogP contribution in [0, 0.1) is 5.82 Å².